The Morgan fingerprint density at radius 1 is 1.19 bits per heavy atom. The number of non-ortho nitro benzene ring substituents is 1. The van der Waals surface area contributed by atoms with E-state index in [0.29, 0.717) is 11.6 Å². The van der Waals surface area contributed by atoms with Crippen LogP contribution < -0.4 is 10.9 Å². The molecule has 0 spiro atoms. The first kappa shape index (κ1) is 20.3. The molecule has 0 radical (unpaired) electrons. The van der Waals surface area contributed by atoms with E-state index in [-0.39, 0.29) is 23.6 Å². The number of nitrogens with one attached hydrogen (secondary N) is 2. The average molecular weight is 389 g/mol. The zero-order valence-electron chi connectivity index (χ0n) is 15.1. The van der Waals surface area contributed by atoms with Gasteiger partial charge in [-0.1, -0.05) is 17.8 Å². The highest BCUT2D eigenvalue weighted by molar-refractivity contribution is 7.98. The summed E-state index contributed by atoms with van der Waals surface area (Å²) in [5.41, 5.74) is 6.98. The van der Waals surface area contributed by atoms with E-state index in [4.69, 9.17) is 0 Å². The number of carbonyl (C=O) groups is 2. The fourth-order valence-electron chi connectivity index (χ4n) is 2.42. The molecule has 1 aromatic carbocycles. The van der Waals surface area contributed by atoms with Crippen LogP contribution in [-0.2, 0) is 11.2 Å². The molecule has 2 N–H and O–H groups in total. The van der Waals surface area contributed by atoms with Gasteiger partial charge in [0, 0.05) is 35.5 Å². The first-order chi connectivity index (χ1) is 12.8. The first-order valence-electron chi connectivity index (χ1n) is 8.03. The van der Waals surface area contributed by atoms with Crippen LogP contribution in [0.2, 0.25) is 0 Å². The third kappa shape index (κ3) is 5.48. The summed E-state index contributed by atoms with van der Waals surface area (Å²) >= 11 is 1.45. The van der Waals surface area contributed by atoms with Crippen molar-refractivity contribution >= 4 is 29.3 Å². The van der Waals surface area contributed by atoms with Crippen LogP contribution in [-0.4, -0.2) is 33.0 Å². The van der Waals surface area contributed by atoms with Crippen LogP contribution >= 0.6 is 11.8 Å². The molecule has 0 fully saturated rings. The molecule has 0 atom stereocenters. The number of rotatable bonds is 6. The third-order valence-electron chi connectivity index (χ3n) is 3.82. The highest BCUT2D eigenvalue weighted by Gasteiger charge is 2.13. The van der Waals surface area contributed by atoms with Gasteiger partial charge in [0.2, 0.25) is 5.91 Å². The maximum atomic E-state index is 12.0. The number of hydrogen-bond acceptors (Lipinski definition) is 7. The number of amides is 2. The maximum absolute atomic E-state index is 12.0. The summed E-state index contributed by atoms with van der Waals surface area (Å²) in [5, 5.41) is 11.4. The Hall–Kier alpha value is -3.01. The number of nitro groups is 1. The van der Waals surface area contributed by atoms with Gasteiger partial charge in [-0.15, -0.1) is 0 Å². The molecule has 27 heavy (non-hydrogen) atoms. The summed E-state index contributed by atoms with van der Waals surface area (Å²) in [6, 6.07) is 5.24. The van der Waals surface area contributed by atoms with E-state index in [1.54, 1.807) is 0 Å². The van der Waals surface area contributed by atoms with E-state index < -0.39 is 10.8 Å². The molecule has 10 heteroatoms. The third-order valence-corrected chi connectivity index (χ3v) is 4.37. The number of aromatic nitrogens is 2. The van der Waals surface area contributed by atoms with Crippen LogP contribution in [0.15, 0.2) is 29.4 Å². The lowest BCUT2D eigenvalue weighted by atomic mass is 10.1. The van der Waals surface area contributed by atoms with E-state index >= 15 is 0 Å². The number of aryl methyl sites for hydroxylation is 2. The van der Waals surface area contributed by atoms with Gasteiger partial charge in [-0.3, -0.25) is 30.6 Å². The Balaban J connectivity index is 1.91. The van der Waals surface area contributed by atoms with Crippen LogP contribution in [0.3, 0.4) is 0 Å². The standard InChI is InChI=1S/C17H19N5O4S/c1-10-14(11(2)19-17(18-10)27-3)7-8-15(23)20-21-16(24)12-5-4-6-13(9-12)22(25)26/h4-6,9H,7-8H2,1-3H3,(H,20,23)(H,21,24). The highest BCUT2D eigenvalue weighted by atomic mass is 32.2. The minimum atomic E-state index is -0.632. The SMILES string of the molecule is CSc1nc(C)c(CCC(=O)NNC(=O)c2cccc([N+](=O)[O-])c2)c(C)n1. The van der Waals surface area contributed by atoms with Crippen LogP contribution in [0.5, 0.6) is 0 Å². The van der Waals surface area contributed by atoms with Gasteiger partial charge in [-0.2, -0.15) is 0 Å². The summed E-state index contributed by atoms with van der Waals surface area (Å²) in [6.45, 7) is 3.73. The Morgan fingerprint density at radius 2 is 1.85 bits per heavy atom. The predicted octanol–water partition coefficient (Wildman–Crippen LogP) is 2.12. The zero-order valence-corrected chi connectivity index (χ0v) is 15.9. The second-order valence-corrected chi connectivity index (χ2v) is 6.44. The number of benzene rings is 1. The largest absolute Gasteiger partial charge is 0.273 e. The monoisotopic (exact) mass is 389 g/mol. The Labute approximate surface area is 160 Å². The topological polar surface area (TPSA) is 127 Å². The number of nitro benzene ring substituents is 1. The van der Waals surface area contributed by atoms with Gasteiger partial charge in [-0.05, 0) is 38.2 Å². The van der Waals surface area contributed by atoms with E-state index in [9.17, 15) is 19.7 Å². The average Bonchev–Trinajstić information content (AvgIpc) is 2.65. The minimum absolute atomic E-state index is 0.0808. The van der Waals surface area contributed by atoms with E-state index in [1.165, 1.54) is 30.0 Å². The fraction of sp³-hybridized carbons (Fsp3) is 0.294. The smallest absolute Gasteiger partial charge is 0.270 e. The van der Waals surface area contributed by atoms with E-state index in [2.05, 4.69) is 20.8 Å². The van der Waals surface area contributed by atoms with Crippen molar-refractivity contribution in [2.24, 2.45) is 0 Å². The lowest BCUT2D eigenvalue weighted by Gasteiger charge is -2.11. The molecule has 0 aliphatic carbocycles. The molecule has 1 aromatic heterocycles. The van der Waals surface area contributed by atoms with E-state index in [1.807, 2.05) is 20.1 Å². The van der Waals surface area contributed by atoms with Gasteiger partial charge in [0.1, 0.15) is 0 Å². The second-order valence-electron chi connectivity index (χ2n) is 5.67. The highest BCUT2D eigenvalue weighted by Crippen LogP contribution is 2.17. The van der Waals surface area contributed by atoms with Crippen molar-refractivity contribution < 1.29 is 14.5 Å². The molecule has 2 amide bonds. The summed E-state index contributed by atoms with van der Waals surface area (Å²) < 4.78 is 0. The first-order valence-corrected chi connectivity index (χ1v) is 9.26. The number of carbonyl (C=O) groups excluding carboxylic acids is 2. The van der Waals surface area contributed by atoms with Crippen molar-refractivity contribution in [3.05, 3.63) is 56.9 Å². The number of hydrogen-bond donors (Lipinski definition) is 2. The van der Waals surface area contributed by atoms with Crippen molar-refractivity contribution in [3.63, 3.8) is 0 Å². The molecule has 1 heterocycles. The van der Waals surface area contributed by atoms with Gasteiger partial charge in [0.15, 0.2) is 5.16 Å². The molecular weight excluding hydrogens is 370 g/mol. The molecular formula is C17H19N5O4S. The van der Waals surface area contributed by atoms with Crippen molar-refractivity contribution in [1.29, 1.82) is 0 Å². The predicted molar refractivity (Wildman–Crippen MR) is 100 cm³/mol. The van der Waals surface area contributed by atoms with Gasteiger partial charge in [0.05, 0.1) is 4.92 Å². The molecule has 0 saturated heterocycles. The molecule has 2 aromatic rings. The summed E-state index contributed by atoms with van der Waals surface area (Å²) in [5.74, 6) is -1.02. The van der Waals surface area contributed by atoms with Crippen LogP contribution in [0.25, 0.3) is 0 Å². The Bertz CT molecular complexity index is 864. The van der Waals surface area contributed by atoms with Crippen LogP contribution in [0.1, 0.15) is 33.7 Å². The van der Waals surface area contributed by atoms with Crippen molar-refractivity contribution in [3.8, 4) is 0 Å². The van der Waals surface area contributed by atoms with Gasteiger partial charge < -0.3 is 0 Å². The second kappa shape index (κ2) is 9.08. The molecule has 0 saturated carbocycles. The summed E-state index contributed by atoms with van der Waals surface area (Å²) in [6.07, 6.45) is 2.47. The molecule has 9 nitrogen and oxygen atoms in total. The summed E-state index contributed by atoms with van der Waals surface area (Å²) in [4.78, 5) is 42.9. The van der Waals surface area contributed by atoms with Crippen LogP contribution in [0.4, 0.5) is 5.69 Å². The molecule has 2 rings (SSSR count). The number of nitrogens with zero attached hydrogens (tertiary/aromatic N) is 3. The quantitative estimate of drug-likeness (QED) is 0.335. The molecule has 0 unspecified atom stereocenters. The Morgan fingerprint density at radius 3 is 2.44 bits per heavy atom. The fourth-order valence-corrected chi connectivity index (χ4v) is 2.88. The molecule has 0 aliphatic heterocycles. The molecule has 142 valence electrons. The van der Waals surface area contributed by atoms with Crippen LogP contribution in [0, 0.1) is 24.0 Å². The number of thioether (sulfide) groups is 1. The number of hydrazine groups is 1. The van der Waals surface area contributed by atoms with Gasteiger partial charge in [0.25, 0.3) is 11.6 Å². The lowest BCUT2D eigenvalue weighted by molar-refractivity contribution is -0.384. The normalized spacial score (nSPS) is 10.3. The Kier molecular flexibility index (Phi) is 6.83. The lowest BCUT2D eigenvalue weighted by Crippen LogP contribution is -2.41. The van der Waals surface area contributed by atoms with Gasteiger partial charge in [-0.25, -0.2) is 9.97 Å². The van der Waals surface area contributed by atoms with Crippen molar-refractivity contribution in [1.82, 2.24) is 20.8 Å². The van der Waals surface area contributed by atoms with Gasteiger partial charge >= 0.3 is 0 Å². The zero-order chi connectivity index (χ0) is 20.0. The summed E-state index contributed by atoms with van der Waals surface area (Å²) in [7, 11) is 0. The molecule has 0 bridgehead atoms. The van der Waals surface area contributed by atoms with E-state index in [0.717, 1.165) is 23.0 Å². The van der Waals surface area contributed by atoms with Crippen molar-refractivity contribution in [2.45, 2.75) is 31.8 Å². The molecule has 0 aliphatic rings. The maximum Gasteiger partial charge on any atom is 0.270 e. The van der Waals surface area contributed by atoms with Crippen molar-refractivity contribution in [2.75, 3.05) is 6.26 Å². The minimum Gasteiger partial charge on any atom is -0.273 e.